The first-order valence-electron chi connectivity index (χ1n) is 6.29. The summed E-state index contributed by atoms with van der Waals surface area (Å²) >= 11 is 0.909. The monoisotopic (exact) mass is 323 g/mol. The van der Waals surface area contributed by atoms with Crippen LogP contribution in [0.5, 0.6) is 5.75 Å². The van der Waals surface area contributed by atoms with Crippen molar-refractivity contribution in [3.63, 3.8) is 0 Å². The van der Waals surface area contributed by atoms with Gasteiger partial charge in [-0.1, -0.05) is 0 Å². The van der Waals surface area contributed by atoms with Crippen LogP contribution in [0.25, 0.3) is 21.6 Å². The summed E-state index contributed by atoms with van der Waals surface area (Å²) in [5, 5.41) is 1.97. The van der Waals surface area contributed by atoms with Crippen LogP contribution >= 0.6 is 11.3 Å². The van der Waals surface area contributed by atoms with Gasteiger partial charge in [-0.05, 0) is 31.2 Å². The molecule has 3 rings (SSSR count). The SMILES string of the molecule is COc1ccc2[c]cc(-c3nc(C(F)(F)F)cs3)nc2c1C. The molecule has 0 aliphatic heterocycles. The molecule has 0 bridgehead atoms. The molecule has 0 aliphatic rings. The van der Waals surface area contributed by atoms with Gasteiger partial charge in [0.1, 0.15) is 16.5 Å². The fourth-order valence-corrected chi connectivity index (χ4v) is 2.88. The first kappa shape index (κ1) is 14.8. The summed E-state index contributed by atoms with van der Waals surface area (Å²) in [5.74, 6) is 0.667. The van der Waals surface area contributed by atoms with Crippen LogP contribution in [0.1, 0.15) is 11.3 Å². The maximum Gasteiger partial charge on any atom is 0.434 e. The Hall–Kier alpha value is -2.15. The molecule has 1 aromatic carbocycles. The zero-order chi connectivity index (χ0) is 15.9. The van der Waals surface area contributed by atoms with E-state index in [-0.39, 0.29) is 5.01 Å². The smallest absolute Gasteiger partial charge is 0.434 e. The molecule has 0 spiro atoms. The number of aromatic nitrogens is 2. The summed E-state index contributed by atoms with van der Waals surface area (Å²) < 4.78 is 43.1. The molecule has 2 heterocycles. The van der Waals surface area contributed by atoms with Crippen molar-refractivity contribution in [3.05, 3.63) is 40.9 Å². The predicted molar refractivity (Wildman–Crippen MR) is 78.0 cm³/mol. The molecular formula is C15H10F3N2OS. The molecule has 1 radical (unpaired) electrons. The lowest BCUT2D eigenvalue weighted by atomic mass is 10.1. The number of methoxy groups -OCH3 is 1. The van der Waals surface area contributed by atoms with E-state index < -0.39 is 11.9 Å². The number of pyridine rings is 1. The second-order valence-electron chi connectivity index (χ2n) is 4.61. The third-order valence-electron chi connectivity index (χ3n) is 3.21. The van der Waals surface area contributed by atoms with E-state index in [2.05, 4.69) is 16.0 Å². The van der Waals surface area contributed by atoms with Gasteiger partial charge in [-0.15, -0.1) is 11.3 Å². The molecule has 22 heavy (non-hydrogen) atoms. The molecule has 0 saturated heterocycles. The average molecular weight is 323 g/mol. The lowest BCUT2D eigenvalue weighted by molar-refractivity contribution is -0.140. The normalized spacial score (nSPS) is 11.9. The topological polar surface area (TPSA) is 35.0 Å². The van der Waals surface area contributed by atoms with Crippen LogP contribution in [-0.2, 0) is 6.18 Å². The number of benzene rings is 1. The number of thiazole rings is 1. The molecule has 0 saturated carbocycles. The number of aryl methyl sites for hydroxylation is 1. The molecule has 0 aliphatic carbocycles. The number of nitrogens with zero attached hydrogens (tertiary/aromatic N) is 2. The van der Waals surface area contributed by atoms with Crippen LogP contribution in [0.15, 0.2) is 23.6 Å². The Morgan fingerprint density at radius 1 is 1.23 bits per heavy atom. The third kappa shape index (κ3) is 2.52. The number of ether oxygens (including phenoxy) is 1. The lowest BCUT2D eigenvalue weighted by Gasteiger charge is -2.08. The fraction of sp³-hybridized carbons (Fsp3) is 0.200. The van der Waals surface area contributed by atoms with Gasteiger partial charge in [-0.2, -0.15) is 13.2 Å². The molecule has 0 atom stereocenters. The highest BCUT2D eigenvalue weighted by molar-refractivity contribution is 7.13. The molecule has 0 fully saturated rings. The van der Waals surface area contributed by atoms with E-state index in [1.807, 2.05) is 6.92 Å². The predicted octanol–water partition coefficient (Wildman–Crippen LogP) is 4.49. The molecule has 0 unspecified atom stereocenters. The van der Waals surface area contributed by atoms with Crippen molar-refractivity contribution < 1.29 is 17.9 Å². The van der Waals surface area contributed by atoms with Crippen LogP contribution in [0.4, 0.5) is 13.2 Å². The van der Waals surface area contributed by atoms with E-state index in [9.17, 15) is 13.2 Å². The molecule has 3 nitrogen and oxygen atoms in total. The summed E-state index contributed by atoms with van der Waals surface area (Å²) in [4.78, 5) is 8.03. The standard InChI is InChI=1S/C15H10F3N2OS/c1-8-11(21-2)6-4-9-3-5-10(19-13(8)9)14-20-12(7-22-14)15(16,17)18/h4-7H,1-2H3. The highest BCUT2D eigenvalue weighted by Gasteiger charge is 2.34. The molecule has 2 aromatic heterocycles. The van der Waals surface area contributed by atoms with Gasteiger partial charge < -0.3 is 4.74 Å². The van der Waals surface area contributed by atoms with E-state index in [0.29, 0.717) is 17.0 Å². The second-order valence-corrected chi connectivity index (χ2v) is 5.47. The quantitative estimate of drug-likeness (QED) is 0.697. The van der Waals surface area contributed by atoms with Gasteiger partial charge in [-0.25, -0.2) is 9.97 Å². The van der Waals surface area contributed by atoms with E-state index >= 15 is 0 Å². The maximum atomic E-state index is 12.6. The number of alkyl halides is 3. The zero-order valence-corrected chi connectivity index (χ0v) is 12.5. The number of fused-ring (bicyclic) bond motifs is 1. The van der Waals surface area contributed by atoms with E-state index in [1.54, 1.807) is 25.3 Å². The Morgan fingerprint density at radius 2 is 2.00 bits per heavy atom. The van der Waals surface area contributed by atoms with Gasteiger partial charge in [0.25, 0.3) is 0 Å². The molecule has 113 valence electrons. The highest BCUT2D eigenvalue weighted by Crippen LogP contribution is 2.34. The van der Waals surface area contributed by atoms with Crippen molar-refractivity contribution in [3.8, 4) is 16.5 Å². The molecular weight excluding hydrogens is 313 g/mol. The lowest BCUT2D eigenvalue weighted by Crippen LogP contribution is -2.04. The Morgan fingerprint density at radius 3 is 2.64 bits per heavy atom. The Bertz CT molecular complexity index is 842. The average Bonchev–Trinajstić information content (AvgIpc) is 2.97. The van der Waals surface area contributed by atoms with Gasteiger partial charge in [0, 0.05) is 16.3 Å². The molecule has 0 N–H and O–H groups in total. The summed E-state index contributed by atoms with van der Waals surface area (Å²) in [7, 11) is 1.55. The maximum absolute atomic E-state index is 12.6. The van der Waals surface area contributed by atoms with Gasteiger partial charge in [-0.3, -0.25) is 0 Å². The van der Waals surface area contributed by atoms with Crippen molar-refractivity contribution in [2.24, 2.45) is 0 Å². The van der Waals surface area contributed by atoms with Crippen molar-refractivity contribution >= 4 is 22.2 Å². The van der Waals surface area contributed by atoms with Crippen molar-refractivity contribution in [2.45, 2.75) is 13.1 Å². The summed E-state index contributed by atoms with van der Waals surface area (Å²) in [5.41, 5.74) is 0.910. The summed E-state index contributed by atoms with van der Waals surface area (Å²) in [6, 6.07) is 8.19. The molecule has 3 aromatic rings. The van der Waals surface area contributed by atoms with Crippen LogP contribution in [0.2, 0.25) is 0 Å². The third-order valence-corrected chi connectivity index (χ3v) is 4.08. The largest absolute Gasteiger partial charge is 0.496 e. The number of hydrogen-bond acceptors (Lipinski definition) is 4. The Balaban J connectivity index is 2.12. The van der Waals surface area contributed by atoms with Crippen molar-refractivity contribution in [1.82, 2.24) is 9.97 Å². The minimum Gasteiger partial charge on any atom is -0.496 e. The van der Waals surface area contributed by atoms with Gasteiger partial charge >= 0.3 is 6.18 Å². The summed E-state index contributed by atoms with van der Waals surface area (Å²) in [6.45, 7) is 1.84. The molecule has 7 heteroatoms. The van der Waals surface area contributed by atoms with E-state index in [1.165, 1.54) is 0 Å². The van der Waals surface area contributed by atoms with Crippen LogP contribution in [0.3, 0.4) is 0 Å². The highest BCUT2D eigenvalue weighted by atomic mass is 32.1. The van der Waals surface area contributed by atoms with Crippen LogP contribution < -0.4 is 4.74 Å². The number of hydrogen-bond donors (Lipinski definition) is 0. The molecule has 0 amide bonds. The van der Waals surface area contributed by atoms with Crippen molar-refractivity contribution in [1.29, 1.82) is 0 Å². The van der Waals surface area contributed by atoms with Gasteiger partial charge in [0.15, 0.2) is 5.69 Å². The minimum atomic E-state index is -4.45. The van der Waals surface area contributed by atoms with E-state index in [0.717, 1.165) is 27.7 Å². The number of rotatable bonds is 2. The zero-order valence-electron chi connectivity index (χ0n) is 11.7. The first-order valence-corrected chi connectivity index (χ1v) is 7.17. The minimum absolute atomic E-state index is 0.215. The second kappa shape index (κ2) is 5.24. The summed E-state index contributed by atoms with van der Waals surface area (Å²) in [6.07, 6.45) is -4.45. The van der Waals surface area contributed by atoms with Crippen LogP contribution in [-0.4, -0.2) is 17.1 Å². The Labute approximate surface area is 128 Å². The Kier molecular flexibility index (Phi) is 3.52. The van der Waals surface area contributed by atoms with E-state index in [4.69, 9.17) is 4.74 Å². The van der Waals surface area contributed by atoms with Crippen molar-refractivity contribution in [2.75, 3.05) is 7.11 Å². The van der Waals surface area contributed by atoms with Gasteiger partial charge in [0.2, 0.25) is 0 Å². The first-order chi connectivity index (χ1) is 10.4. The van der Waals surface area contributed by atoms with Crippen LogP contribution in [0, 0.1) is 13.0 Å². The van der Waals surface area contributed by atoms with Gasteiger partial charge in [0.05, 0.1) is 12.6 Å². The fourth-order valence-electron chi connectivity index (χ4n) is 2.09. The number of halogens is 3.